The van der Waals surface area contributed by atoms with Gasteiger partial charge in [-0.15, -0.1) is 5.10 Å². The van der Waals surface area contributed by atoms with Crippen molar-refractivity contribution in [2.75, 3.05) is 20.0 Å². The molecule has 1 N–H and O–H groups in total. The van der Waals surface area contributed by atoms with Crippen LogP contribution in [-0.2, 0) is 17.8 Å². The number of nitrogens with one attached hydrogen (secondary N) is 1. The number of methoxy groups -OCH3 is 1. The minimum atomic E-state index is -0.0845. The van der Waals surface area contributed by atoms with E-state index in [4.69, 9.17) is 9.47 Å². The van der Waals surface area contributed by atoms with Crippen LogP contribution in [0.1, 0.15) is 42.8 Å². The molecule has 0 aliphatic rings. The molecule has 2 heterocycles. The number of hydrogen-bond acceptors (Lipinski definition) is 7. The first-order chi connectivity index (χ1) is 15.3. The summed E-state index contributed by atoms with van der Waals surface area (Å²) in [6, 6.07) is 5.73. The Morgan fingerprint density at radius 3 is 2.69 bits per heavy atom. The van der Waals surface area contributed by atoms with Gasteiger partial charge in [0.05, 0.1) is 20.1 Å². The zero-order valence-corrected chi connectivity index (χ0v) is 20.4. The van der Waals surface area contributed by atoms with Crippen LogP contribution in [0.25, 0.3) is 5.78 Å². The van der Waals surface area contributed by atoms with E-state index >= 15 is 0 Å². The molecule has 0 unspecified atom stereocenters. The van der Waals surface area contributed by atoms with Crippen LogP contribution in [0.15, 0.2) is 23.4 Å². The fourth-order valence-corrected chi connectivity index (χ4v) is 3.64. The number of rotatable bonds is 10. The molecule has 0 saturated heterocycles. The van der Waals surface area contributed by atoms with Crippen LogP contribution >= 0.6 is 11.8 Å². The highest BCUT2D eigenvalue weighted by Gasteiger charge is 2.16. The van der Waals surface area contributed by atoms with E-state index in [0.717, 1.165) is 28.9 Å². The molecule has 0 aliphatic carbocycles. The van der Waals surface area contributed by atoms with Gasteiger partial charge in [0, 0.05) is 23.5 Å². The first kappa shape index (κ1) is 23.8. The number of nitrogens with zero attached hydrogens (tertiary/aromatic N) is 4. The van der Waals surface area contributed by atoms with Crippen LogP contribution in [0.5, 0.6) is 11.5 Å². The molecule has 0 fully saturated rings. The van der Waals surface area contributed by atoms with Gasteiger partial charge in [-0.1, -0.05) is 31.7 Å². The number of carbonyl (C=O) groups excluding carboxylic acids is 1. The number of hydrogen-bond donors (Lipinski definition) is 1. The maximum Gasteiger partial charge on any atom is 0.253 e. The fraction of sp³-hybridized carbons (Fsp3) is 0.478. The van der Waals surface area contributed by atoms with E-state index in [1.807, 2.05) is 38.3 Å². The first-order valence-corrected chi connectivity index (χ1v) is 11.9. The van der Waals surface area contributed by atoms with Gasteiger partial charge < -0.3 is 14.8 Å². The Labute approximate surface area is 193 Å². The second kappa shape index (κ2) is 10.7. The number of benzene rings is 1. The molecular weight excluding hydrogens is 426 g/mol. The van der Waals surface area contributed by atoms with Gasteiger partial charge in [0.1, 0.15) is 0 Å². The number of carbonyl (C=O) groups is 1. The van der Waals surface area contributed by atoms with Gasteiger partial charge in [-0.05, 0) is 50.1 Å². The molecule has 1 aromatic carbocycles. The second-order valence-corrected chi connectivity index (χ2v) is 8.81. The molecular formula is C23H31N5O3S. The molecule has 0 bridgehead atoms. The second-order valence-electron chi connectivity index (χ2n) is 8.04. The average Bonchev–Trinajstić information content (AvgIpc) is 3.18. The predicted octanol–water partition coefficient (Wildman–Crippen LogP) is 3.76. The Morgan fingerprint density at radius 2 is 2.00 bits per heavy atom. The standard InChI is InChI=1S/C23H31N5O3S/c1-14(2)9-10-31-19-8-7-17(11-20(19)30-5)13-24-21(29)12-18-15(3)25-22-26-23(32-6)27-28(22)16(18)4/h7-8,11,14H,9-10,12-13H2,1-6H3,(H,24,29). The van der Waals surface area contributed by atoms with E-state index in [1.165, 1.54) is 11.8 Å². The number of amides is 1. The van der Waals surface area contributed by atoms with Crippen molar-refractivity contribution in [1.82, 2.24) is 24.9 Å². The van der Waals surface area contributed by atoms with Gasteiger partial charge in [0.15, 0.2) is 11.5 Å². The minimum absolute atomic E-state index is 0.0845. The number of thioether (sulfide) groups is 1. The van der Waals surface area contributed by atoms with Crippen molar-refractivity contribution in [3.05, 3.63) is 40.7 Å². The molecule has 0 saturated carbocycles. The third-order valence-electron chi connectivity index (χ3n) is 5.22. The largest absolute Gasteiger partial charge is 0.493 e. The van der Waals surface area contributed by atoms with Gasteiger partial charge in [-0.3, -0.25) is 4.79 Å². The maximum absolute atomic E-state index is 12.7. The highest BCUT2D eigenvalue weighted by atomic mass is 32.2. The topological polar surface area (TPSA) is 90.6 Å². The normalized spacial score (nSPS) is 11.2. The Hall–Kier alpha value is -2.81. The Bertz CT molecular complexity index is 1100. The molecule has 0 atom stereocenters. The molecule has 3 rings (SSSR count). The van der Waals surface area contributed by atoms with E-state index in [9.17, 15) is 4.79 Å². The Kier molecular flexibility index (Phi) is 7.95. The number of aromatic nitrogens is 4. The first-order valence-electron chi connectivity index (χ1n) is 10.7. The summed E-state index contributed by atoms with van der Waals surface area (Å²) in [5.41, 5.74) is 3.46. The number of fused-ring (bicyclic) bond motifs is 1. The van der Waals surface area contributed by atoms with Crippen molar-refractivity contribution in [2.45, 2.75) is 52.2 Å². The summed E-state index contributed by atoms with van der Waals surface area (Å²) in [6.45, 7) is 9.20. The van der Waals surface area contributed by atoms with Crippen LogP contribution in [0.2, 0.25) is 0 Å². The summed E-state index contributed by atoms with van der Waals surface area (Å²) in [5, 5.41) is 8.08. The van der Waals surface area contributed by atoms with Crippen LogP contribution in [0, 0.1) is 19.8 Å². The summed E-state index contributed by atoms with van der Waals surface area (Å²) < 4.78 is 13.0. The van der Waals surface area contributed by atoms with E-state index in [2.05, 4.69) is 34.2 Å². The molecule has 32 heavy (non-hydrogen) atoms. The predicted molar refractivity (Wildman–Crippen MR) is 126 cm³/mol. The molecule has 0 aliphatic heterocycles. The van der Waals surface area contributed by atoms with E-state index < -0.39 is 0 Å². The Morgan fingerprint density at radius 1 is 1.22 bits per heavy atom. The maximum atomic E-state index is 12.7. The van der Waals surface area contributed by atoms with Gasteiger partial charge in [0.2, 0.25) is 11.1 Å². The lowest BCUT2D eigenvalue weighted by Gasteiger charge is -2.14. The third kappa shape index (κ3) is 5.70. The zero-order chi connectivity index (χ0) is 23.3. The fourth-order valence-electron chi connectivity index (χ4n) is 3.30. The highest BCUT2D eigenvalue weighted by Crippen LogP contribution is 2.28. The molecule has 0 radical (unpaired) electrons. The van der Waals surface area contributed by atoms with Crippen molar-refractivity contribution < 1.29 is 14.3 Å². The lowest BCUT2D eigenvalue weighted by atomic mass is 10.1. The van der Waals surface area contributed by atoms with E-state index in [0.29, 0.717) is 41.5 Å². The zero-order valence-electron chi connectivity index (χ0n) is 19.6. The van der Waals surface area contributed by atoms with Crippen LogP contribution < -0.4 is 14.8 Å². The van der Waals surface area contributed by atoms with Crippen molar-refractivity contribution in [3.8, 4) is 11.5 Å². The summed E-state index contributed by atoms with van der Waals surface area (Å²) in [6.07, 6.45) is 3.13. The summed E-state index contributed by atoms with van der Waals surface area (Å²) in [5.74, 6) is 2.43. The lowest BCUT2D eigenvalue weighted by molar-refractivity contribution is -0.120. The summed E-state index contributed by atoms with van der Waals surface area (Å²) in [4.78, 5) is 21.6. The SMILES string of the molecule is COc1cc(CNC(=O)Cc2c(C)nc3nc(SC)nn3c2C)ccc1OCCC(C)C. The quantitative estimate of drug-likeness (QED) is 0.464. The molecule has 8 nitrogen and oxygen atoms in total. The van der Waals surface area contributed by atoms with Gasteiger partial charge in [0.25, 0.3) is 5.78 Å². The monoisotopic (exact) mass is 457 g/mol. The highest BCUT2D eigenvalue weighted by molar-refractivity contribution is 7.98. The molecule has 3 aromatic rings. The van der Waals surface area contributed by atoms with E-state index in [-0.39, 0.29) is 12.3 Å². The van der Waals surface area contributed by atoms with E-state index in [1.54, 1.807) is 11.6 Å². The summed E-state index contributed by atoms with van der Waals surface area (Å²) >= 11 is 1.46. The van der Waals surface area contributed by atoms with Crippen molar-refractivity contribution in [1.29, 1.82) is 0 Å². The average molecular weight is 458 g/mol. The van der Waals surface area contributed by atoms with Gasteiger partial charge in [-0.2, -0.15) is 4.98 Å². The number of ether oxygens (including phenoxy) is 2. The van der Waals surface area contributed by atoms with Crippen LogP contribution in [-0.4, -0.2) is 45.5 Å². The van der Waals surface area contributed by atoms with Crippen molar-refractivity contribution in [2.24, 2.45) is 5.92 Å². The molecule has 0 spiro atoms. The third-order valence-corrected chi connectivity index (χ3v) is 5.76. The smallest absolute Gasteiger partial charge is 0.253 e. The lowest BCUT2D eigenvalue weighted by Crippen LogP contribution is -2.26. The Balaban J connectivity index is 1.64. The number of aryl methyl sites for hydroxylation is 2. The molecule has 172 valence electrons. The molecule has 1 amide bonds. The van der Waals surface area contributed by atoms with Gasteiger partial charge in [-0.25, -0.2) is 9.50 Å². The van der Waals surface area contributed by atoms with Crippen LogP contribution in [0.4, 0.5) is 0 Å². The molecule has 2 aromatic heterocycles. The van der Waals surface area contributed by atoms with Crippen LogP contribution in [0.3, 0.4) is 0 Å². The molecule has 9 heteroatoms. The van der Waals surface area contributed by atoms with Crippen molar-refractivity contribution in [3.63, 3.8) is 0 Å². The minimum Gasteiger partial charge on any atom is -0.493 e. The summed E-state index contributed by atoms with van der Waals surface area (Å²) in [7, 11) is 1.62. The van der Waals surface area contributed by atoms with Gasteiger partial charge >= 0.3 is 0 Å². The van der Waals surface area contributed by atoms with Crippen molar-refractivity contribution >= 4 is 23.4 Å².